The first kappa shape index (κ1) is 15.3. The molecule has 0 atom stereocenters. The largest absolute Gasteiger partial charge is 0.321 e. The molecule has 4 heteroatoms. The highest BCUT2D eigenvalue weighted by atomic mass is 35.5. The van der Waals surface area contributed by atoms with Gasteiger partial charge in [0.25, 0.3) is 0 Å². The smallest absolute Gasteiger partial charge is 0.152 e. The van der Waals surface area contributed by atoms with Gasteiger partial charge in [-0.2, -0.15) is 5.26 Å². The number of rotatable bonds is 4. The molecule has 0 saturated heterocycles. The summed E-state index contributed by atoms with van der Waals surface area (Å²) in [7, 11) is 0. The van der Waals surface area contributed by atoms with Crippen molar-refractivity contribution in [3.8, 4) is 17.5 Å². The van der Waals surface area contributed by atoms with Crippen LogP contribution in [0.1, 0.15) is 16.8 Å². The Labute approximate surface area is 140 Å². The zero-order valence-electron chi connectivity index (χ0n) is 12.8. The highest BCUT2D eigenvalue weighted by molar-refractivity contribution is 6.30. The Hall–Kier alpha value is -2.57. The van der Waals surface area contributed by atoms with Crippen LogP contribution in [-0.4, -0.2) is 9.55 Å². The maximum Gasteiger partial charge on any atom is 0.152 e. The van der Waals surface area contributed by atoms with Gasteiger partial charge in [0.15, 0.2) is 5.15 Å². The molecular weight excluding hydrogens is 306 g/mol. The summed E-state index contributed by atoms with van der Waals surface area (Å²) < 4.78 is 2.03. The third kappa shape index (κ3) is 3.28. The second kappa shape index (κ2) is 6.68. The van der Waals surface area contributed by atoms with Gasteiger partial charge < -0.3 is 4.57 Å². The second-order valence-corrected chi connectivity index (χ2v) is 5.80. The van der Waals surface area contributed by atoms with Crippen molar-refractivity contribution in [2.24, 2.45) is 0 Å². The van der Waals surface area contributed by atoms with Crippen LogP contribution in [0.5, 0.6) is 0 Å². The molecule has 3 rings (SSSR count). The fourth-order valence-corrected chi connectivity index (χ4v) is 2.80. The predicted molar refractivity (Wildman–Crippen MR) is 92.3 cm³/mol. The molecule has 0 amide bonds. The average molecular weight is 322 g/mol. The minimum Gasteiger partial charge on any atom is -0.321 e. The van der Waals surface area contributed by atoms with E-state index in [0.717, 1.165) is 22.6 Å². The summed E-state index contributed by atoms with van der Waals surface area (Å²) in [5, 5.41) is 9.50. The number of imidazole rings is 1. The molecule has 0 saturated carbocycles. The normalized spacial score (nSPS) is 10.5. The van der Waals surface area contributed by atoms with E-state index in [-0.39, 0.29) is 6.42 Å². The minimum absolute atomic E-state index is 0.241. The zero-order chi connectivity index (χ0) is 16.2. The molecule has 3 aromatic rings. The van der Waals surface area contributed by atoms with E-state index >= 15 is 0 Å². The van der Waals surface area contributed by atoms with E-state index in [0.29, 0.717) is 11.7 Å². The molecule has 1 aromatic heterocycles. The number of aromatic nitrogens is 2. The molecule has 2 aromatic carbocycles. The first-order valence-electron chi connectivity index (χ1n) is 7.42. The molecule has 0 bridgehead atoms. The number of hydrogen-bond donors (Lipinski definition) is 0. The van der Waals surface area contributed by atoms with Crippen molar-refractivity contribution >= 4 is 11.6 Å². The molecule has 23 heavy (non-hydrogen) atoms. The Morgan fingerprint density at radius 3 is 2.43 bits per heavy atom. The van der Waals surface area contributed by atoms with Gasteiger partial charge in [-0.05, 0) is 12.5 Å². The zero-order valence-corrected chi connectivity index (χ0v) is 13.6. The summed E-state index contributed by atoms with van der Waals surface area (Å²) in [6.45, 7) is 2.70. The van der Waals surface area contributed by atoms with Gasteiger partial charge in [-0.25, -0.2) is 4.98 Å². The van der Waals surface area contributed by atoms with Crippen molar-refractivity contribution in [2.75, 3.05) is 0 Å². The number of nitriles is 1. The lowest BCUT2D eigenvalue weighted by molar-refractivity contribution is 0.767. The molecule has 0 aliphatic rings. The van der Waals surface area contributed by atoms with Gasteiger partial charge in [0.05, 0.1) is 18.2 Å². The van der Waals surface area contributed by atoms with E-state index in [1.54, 1.807) is 0 Å². The van der Waals surface area contributed by atoms with Crippen molar-refractivity contribution < 1.29 is 0 Å². The lowest BCUT2D eigenvalue weighted by Crippen LogP contribution is -2.06. The van der Waals surface area contributed by atoms with E-state index < -0.39 is 0 Å². The van der Waals surface area contributed by atoms with Crippen molar-refractivity contribution in [3.05, 3.63) is 76.6 Å². The van der Waals surface area contributed by atoms with Crippen molar-refractivity contribution in [1.82, 2.24) is 9.55 Å². The molecule has 0 spiro atoms. The molecule has 3 nitrogen and oxygen atoms in total. The second-order valence-electron chi connectivity index (χ2n) is 5.45. The summed E-state index contributed by atoms with van der Waals surface area (Å²) in [4.78, 5) is 4.49. The van der Waals surface area contributed by atoms with Crippen molar-refractivity contribution in [3.63, 3.8) is 0 Å². The van der Waals surface area contributed by atoms with Crippen LogP contribution >= 0.6 is 11.6 Å². The Bertz CT molecular complexity index is 843. The molecular formula is C19H16ClN3. The Morgan fingerprint density at radius 1 is 1.09 bits per heavy atom. The molecule has 114 valence electrons. The first-order chi connectivity index (χ1) is 11.2. The summed E-state index contributed by atoms with van der Waals surface area (Å²) >= 11 is 6.29. The topological polar surface area (TPSA) is 41.6 Å². The Kier molecular flexibility index (Phi) is 4.45. The van der Waals surface area contributed by atoms with Gasteiger partial charge >= 0.3 is 0 Å². The lowest BCUT2D eigenvalue weighted by atomic mass is 10.1. The maximum absolute atomic E-state index is 9.10. The Morgan fingerprint density at radius 2 is 1.78 bits per heavy atom. The number of hydrogen-bond acceptors (Lipinski definition) is 2. The molecule has 0 aliphatic carbocycles. The van der Waals surface area contributed by atoms with Crippen LogP contribution in [-0.2, 0) is 13.0 Å². The third-order valence-electron chi connectivity index (χ3n) is 3.76. The molecule has 0 fully saturated rings. The van der Waals surface area contributed by atoms with Gasteiger partial charge in [-0.1, -0.05) is 71.8 Å². The quantitative estimate of drug-likeness (QED) is 0.703. The van der Waals surface area contributed by atoms with Crippen LogP contribution in [0.25, 0.3) is 11.4 Å². The lowest BCUT2D eigenvalue weighted by Gasteiger charge is -2.11. The fraction of sp³-hybridized carbons (Fsp3) is 0.158. The van der Waals surface area contributed by atoms with Gasteiger partial charge in [-0.3, -0.25) is 0 Å². The van der Waals surface area contributed by atoms with Crippen LogP contribution < -0.4 is 0 Å². The number of halogens is 1. The fourth-order valence-electron chi connectivity index (χ4n) is 2.55. The van der Waals surface area contributed by atoms with Crippen LogP contribution in [0.2, 0.25) is 5.15 Å². The predicted octanol–water partition coefficient (Wildman–Crippen LogP) is 4.63. The summed E-state index contributed by atoms with van der Waals surface area (Å²) in [5.74, 6) is 0.793. The Balaban J connectivity index is 2.08. The SMILES string of the molecule is Cc1ccc(Cn2c(-c3ccccc3)nc(Cl)c2CC#N)cc1. The first-order valence-corrected chi connectivity index (χ1v) is 7.79. The molecule has 0 unspecified atom stereocenters. The summed E-state index contributed by atoms with van der Waals surface area (Å²) in [6, 6.07) is 20.4. The molecule has 0 radical (unpaired) electrons. The van der Waals surface area contributed by atoms with Crippen LogP contribution in [0.4, 0.5) is 0 Å². The van der Waals surface area contributed by atoms with Crippen LogP contribution in [0, 0.1) is 18.3 Å². The summed E-state index contributed by atoms with van der Waals surface area (Å²) in [6.07, 6.45) is 0.241. The van der Waals surface area contributed by atoms with E-state index in [1.165, 1.54) is 5.56 Å². The highest BCUT2D eigenvalue weighted by Crippen LogP contribution is 2.27. The highest BCUT2D eigenvalue weighted by Gasteiger charge is 2.17. The van der Waals surface area contributed by atoms with E-state index in [1.807, 2.05) is 34.9 Å². The number of nitrogens with zero attached hydrogens (tertiary/aromatic N) is 3. The van der Waals surface area contributed by atoms with E-state index in [2.05, 4.69) is 42.2 Å². The molecule has 1 heterocycles. The van der Waals surface area contributed by atoms with Gasteiger partial charge in [0.2, 0.25) is 0 Å². The van der Waals surface area contributed by atoms with Gasteiger partial charge in [-0.15, -0.1) is 0 Å². The van der Waals surface area contributed by atoms with Crippen LogP contribution in [0.3, 0.4) is 0 Å². The molecule has 0 N–H and O–H groups in total. The maximum atomic E-state index is 9.10. The minimum atomic E-state index is 0.241. The third-order valence-corrected chi connectivity index (χ3v) is 4.07. The summed E-state index contributed by atoms with van der Waals surface area (Å²) in [5.41, 5.74) is 4.12. The van der Waals surface area contributed by atoms with Crippen molar-refractivity contribution in [2.45, 2.75) is 19.9 Å². The van der Waals surface area contributed by atoms with Crippen molar-refractivity contribution in [1.29, 1.82) is 5.26 Å². The standard InChI is InChI=1S/C19H16ClN3/c1-14-7-9-15(10-8-14)13-23-17(11-12-21)18(20)22-19(23)16-5-3-2-4-6-16/h2-10H,11,13H2,1H3. The monoisotopic (exact) mass is 321 g/mol. The molecule has 0 aliphatic heterocycles. The van der Waals surface area contributed by atoms with E-state index in [4.69, 9.17) is 16.9 Å². The van der Waals surface area contributed by atoms with Crippen LogP contribution in [0.15, 0.2) is 54.6 Å². The number of aryl methyl sites for hydroxylation is 1. The van der Waals surface area contributed by atoms with E-state index in [9.17, 15) is 0 Å². The van der Waals surface area contributed by atoms with Gasteiger partial charge in [0, 0.05) is 12.1 Å². The average Bonchev–Trinajstić information content (AvgIpc) is 2.87. The number of benzene rings is 2. The van der Waals surface area contributed by atoms with Gasteiger partial charge in [0.1, 0.15) is 5.82 Å².